The maximum atomic E-state index is 11.2. The zero-order valence-electron chi connectivity index (χ0n) is 10.6. The molecule has 0 aliphatic heterocycles. The van der Waals surface area contributed by atoms with E-state index in [4.69, 9.17) is 9.47 Å². The largest absolute Gasteiger partial charge is 0.463 e. The molecule has 0 radical (unpaired) electrons. The fraction of sp³-hybridized carbons (Fsp3) is 0.833. The molecule has 0 aliphatic carbocycles. The Morgan fingerprint density at radius 3 is 1.44 bits per heavy atom. The van der Waals surface area contributed by atoms with Crippen molar-refractivity contribution in [1.29, 1.82) is 0 Å². The van der Waals surface area contributed by atoms with E-state index in [2.05, 4.69) is 0 Å². The summed E-state index contributed by atoms with van der Waals surface area (Å²) in [5.74, 6) is -0.675. The van der Waals surface area contributed by atoms with E-state index in [1.165, 1.54) is 0 Å². The number of carbonyl (C=O) groups excluding carboxylic acids is 2. The zero-order valence-corrected chi connectivity index (χ0v) is 10.6. The quantitative estimate of drug-likeness (QED) is 0.630. The van der Waals surface area contributed by atoms with Gasteiger partial charge in [0.15, 0.2) is 0 Å². The summed E-state index contributed by atoms with van der Waals surface area (Å²) in [5.41, 5.74) is 0. The first-order valence-electron chi connectivity index (χ1n) is 5.88. The second-order valence-electron chi connectivity index (χ2n) is 3.92. The van der Waals surface area contributed by atoms with E-state index in [1.54, 1.807) is 0 Å². The fourth-order valence-corrected chi connectivity index (χ4v) is 0.937. The van der Waals surface area contributed by atoms with Crippen LogP contribution in [0.5, 0.6) is 0 Å². The number of carbonyl (C=O) groups is 2. The minimum Gasteiger partial charge on any atom is -0.463 e. The lowest BCUT2D eigenvalue weighted by Gasteiger charge is -2.12. The van der Waals surface area contributed by atoms with Gasteiger partial charge in [-0.2, -0.15) is 0 Å². The Labute approximate surface area is 97.3 Å². The average molecular weight is 230 g/mol. The molecule has 0 aromatic carbocycles. The topological polar surface area (TPSA) is 52.6 Å². The van der Waals surface area contributed by atoms with Crippen LogP contribution < -0.4 is 0 Å². The van der Waals surface area contributed by atoms with Crippen LogP contribution in [0.3, 0.4) is 0 Å². The number of esters is 2. The zero-order chi connectivity index (χ0) is 12.6. The van der Waals surface area contributed by atoms with Crippen LogP contribution in [0.2, 0.25) is 0 Å². The van der Waals surface area contributed by atoms with E-state index in [-0.39, 0.29) is 37.0 Å². The van der Waals surface area contributed by atoms with E-state index in [9.17, 15) is 9.59 Å². The van der Waals surface area contributed by atoms with Gasteiger partial charge in [-0.25, -0.2) is 0 Å². The molecule has 0 amide bonds. The first-order valence-corrected chi connectivity index (χ1v) is 5.88. The normalized spacial score (nSPS) is 14.0. The third-order valence-electron chi connectivity index (χ3n) is 2.35. The molecule has 0 saturated carbocycles. The molecule has 94 valence electrons. The summed E-state index contributed by atoms with van der Waals surface area (Å²) in [6.07, 6.45) is 1.59. The lowest BCUT2D eigenvalue weighted by molar-refractivity contribution is -0.155. The van der Waals surface area contributed by atoms with Crippen molar-refractivity contribution in [3.8, 4) is 0 Å². The van der Waals surface area contributed by atoms with Gasteiger partial charge in [-0.1, -0.05) is 13.8 Å². The highest BCUT2D eigenvalue weighted by molar-refractivity contribution is 5.77. The monoisotopic (exact) mass is 230 g/mol. The minimum absolute atomic E-state index is 0.0851. The molecule has 16 heavy (non-hydrogen) atoms. The number of hydrogen-bond acceptors (Lipinski definition) is 4. The molecule has 2 unspecified atom stereocenters. The van der Waals surface area contributed by atoms with Crippen molar-refractivity contribution >= 4 is 11.9 Å². The predicted octanol–water partition coefficient (Wildman–Crippen LogP) is 2.45. The van der Waals surface area contributed by atoms with Crippen molar-refractivity contribution < 1.29 is 19.1 Å². The Hall–Kier alpha value is -1.06. The third kappa shape index (κ3) is 7.26. The Kier molecular flexibility index (Phi) is 7.60. The standard InChI is InChI=1S/C12H22O4/c1-5-9(3)15-11(13)7-8-12(14)16-10(4)6-2/h9-10H,5-8H2,1-4H3. The van der Waals surface area contributed by atoms with Crippen molar-refractivity contribution in [3.05, 3.63) is 0 Å². The maximum Gasteiger partial charge on any atom is 0.306 e. The summed E-state index contributed by atoms with van der Waals surface area (Å²) in [6, 6.07) is 0. The Morgan fingerprint density at radius 2 is 1.19 bits per heavy atom. The second kappa shape index (κ2) is 8.13. The lowest BCUT2D eigenvalue weighted by atomic mass is 10.3. The SMILES string of the molecule is CCC(C)OC(=O)CCC(=O)OC(C)CC. The van der Waals surface area contributed by atoms with Gasteiger partial charge in [0.1, 0.15) is 0 Å². The highest BCUT2D eigenvalue weighted by Gasteiger charge is 2.13. The van der Waals surface area contributed by atoms with Crippen LogP contribution >= 0.6 is 0 Å². The Balaban J connectivity index is 3.71. The highest BCUT2D eigenvalue weighted by atomic mass is 16.5. The van der Waals surface area contributed by atoms with Crippen LogP contribution in [0.15, 0.2) is 0 Å². The van der Waals surface area contributed by atoms with Gasteiger partial charge >= 0.3 is 11.9 Å². The molecule has 0 fully saturated rings. The number of ether oxygens (including phenoxy) is 2. The molecule has 0 rings (SSSR count). The first-order chi connectivity index (χ1) is 7.49. The summed E-state index contributed by atoms with van der Waals surface area (Å²) in [7, 11) is 0. The van der Waals surface area contributed by atoms with E-state index in [0.29, 0.717) is 0 Å². The van der Waals surface area contributed by atoms with Crippen LogP contribution in [0.4, 0.5) is 0 Å². The molecule has 0 N–H and O–H groups in total. The molecule has 4 heteroatoms. The Morgan fingerprint density at radius 1 is 0.875 bits per heavy atom. The van der Waals surface area contributed by atoms with Gasteiger partial charge in [-0.15, -0.1) is 0 Å². The smallest absolute Gasteiger partial charge is 0.306 e. The summed E-state index contributed by atoms with van der Waals surface area (Å²) in [5, 5.41) is 0. The van der Waals surface area contributed by atoms with Crippen LogP contribution in [0, 0.1) is 0 Å². The number of rotatable bonds is 7. The van der Waals surface area contributed by atoms with E-state index in [0.717, 1.165) is 12.8 Å². The Bertz CT molecular complexity index is 201. The molecule has 2 atom stereocenters. The van der Waals surface area contributed by atoms with Crippen molar-refractivity contribution in [2.24, 2.45) is 0 Å². The van der Waals surface area contributed by atoms with E-state index < -0.39 is 0 Å². The predicted molar refractivity (Wildman–Crippen MR) is 60.9 cm³/mol. The lowest BCUT2D eigenvalue weighted by Crippen LogP contribution is -2.18. The third-order valence-corrected chi connectivity index (χ3v) is 2.35. The van der Waals surface area contributed by atoms with E-state index in [1.807, 2.05) is 27.7 Å². The van der Waals surface area contributed by atoms with Gasteiger partial charge in [0.05, 0.1) is 25.0 Å². The minimum atomic E-state index is -0.338. The molecule has 0 saturated heterocycles. The summed E-state index contributed by atoms with van der Waals surface area (Å²) in [6.45, 7) is 7.54. The van der Waals surface area contributed by atoms with Gasteiger partial charge < -0.3 is 9.47 Å². The molecule has 0 aromatic heterocycles. The van der Waals surface area contributed by atoms with Gasteiger partial charge in [0.25, 0.3) is 0 Å². The van der Waals surface area contributed by atoms with Crippen molar-refractivity contribution in [3.63, 3.8) is 0 Å². The van der Waals surface area contributed by atoms with Crippen molar-refractivity contribution in [2.75, 3.05) is 0 Å². The van der Waals surface area contributed by atoms with Gasteiger partial charge in [0.2, 0.25) is 0 Å². The molecular weight excluding hydrogens is 208 g/mol. The van der Waals surface area contributed by atoms with Crippen LogP contribution in [0.25, 0.3) is 0 Å². The van der Waals surface area contributed by atoms with Crippen LogP contribution in [-0.2, 0) is 19.1 Å². The summed E-state index contributed by atoms with van der Waals surface area (Å²) in [4.78, 5) is 22.5. The van der Waals surface area contributed by atoms with Gasteiger partial charge in [-0.3, -0.25) is 9.59 Å². The maximum absolute atomic E-state index is 11.2. The highest BCUT2D eigenvalue weighted by Crippen LogP contribution is 2.04. The fourth-order valence-electron chi connectivity index (χ4n) is 0.937. The molecule has 0 spiro atoms. The molecule has 4 nitrogen and oxygen atoms in total. The molecular formula is C12H22O4. The van der Waals surface area contributed by atoms with Crippen LogP contribution in [0.1, 0.15) is 53.4 Å². The molecule has 0 aliphatic rings. The number of hydrogen-bond donors (Lipinski definition) is 0. The van der Waals surface area contributed by atoms with E-state index >= 15 is 0 Å². The van der Waals surface area contributed by atoms with Crippen LogP contribution in [-0.4, -0.2) is 24.1 Å². The first kappa shape index (κ1) is 14.9. The van der Waals surface area contributed by atoms with Gasteiger partial charge in [-0.05, 0) is 26.7 Å². The van der Waals surface area contributed by atoms with Crippen molar-refractivity contribution in [2.45, 2.75) is 65.6 Å². The summed E-state index contributed by atoms with van der Waals surface area (Å²) >= 11 is 0. The molecule has 0 aromatic rings. The average Bonchev–Trinajstić information content (AvgIpc) is 2.26. The van der Waals surface area contributed by atoms with Gasteiger partial charge in [0, 0.05) is 0 Å². The second-order valence-corrected chi connectivity index (χ2v) is 3.92. The molecule has 0 heterocycles. The summed E-state index contributed by atoms with van der Waals surface area (Å²) < 4.78 is 10.1. The molecule has 0 bridgehead atoms. The van der Waals surface area contributed by atoms with Crippen molar-refractivity contribution in [1.82, 2.24) is 0 Å².